The van der Waals surface area contributed by atoms with E-state index in [4.69, 9.17) is 10.2 Å². The maximum absolute atomic E-state index is 6.06. The molecule has 1 aromatic rings. The third kappa shape index (κ3) is 5.48. The van der Waals surface area contributed by atoms with Gasteiger partial charge in [0, 0.05) is 18.5 Å². The first kappa shape index (κ1) is 18.3. The molecule has 120 valence electrons. The maximum atomic E-state index is 6.06. The Morgan fingerprint density at radius 3 is 2.43 bits per heavy atom. The lowest BCUT2D eigenvalue weighted by Gasteiger charge is -2.20. The molecule has 0 radical (unpaired) electrons. The highest BCUT2D eigenvalue weighted by molar-refractivity contribution is 14.0. The summed E-state index contributed by atoms with van der Waals surface area (Å²) in [5, 5.41) is 0. The summed E-state index contributed by atoms with van der Waals surface area (Å²) < 4.78 is 5.72. The first-order valence-electron chi connectivity index (χ1n) is 7.47. The quantitative estimate of drug-likeness (QED) is 0.465. The molecule has 2 rings (SSSR count). The summed E-state index contributed by atoms with van der Waals surface area (Å²) in [5.74, 6) is 2.13. The number of aromatic nitrogens is 1. The van der Waals surface area contributed by atoms with Crippen molar-refractivity contribution in [2.24, 2.45) is 10.7 Å². The standard InChI is InChI=1S/C15H26N4O.HI/c1-15(2,3)12-10-17-13(20-12)11-18-14(16)19-8-6-4-5-7-9-19;/h10H,4-9,11H2,1-3H3,(H2,16,18);1H. The van der Waals surface area contributed by atoms with Gasteiger partial charge in [0.05, 0.1) is 6.20 Å². The van der Waals surface area contributed by atoms with Gasteiger partial charge in [-0.1, -0.05) is 33.6 Å². The molecule has 0 unspecified atom stereocenters. The summed E-state index contributed by atoms with van der Waals surface area (Å²) in [6, 6.07) is 0. The lowest BCUT2D eigenvalue weighted by Crippen LogP contribution is -2.38. The van der Waals surface area contributed by atoms with Crippen molar-refractivity contribution in [2.75, 3.05) is 13.1 Å². The molecule has 0 bridgehead atoms. The van der Waals surface area contributed by atoms with Crippen LogP contribution in [0.5, 0.6) is 0 Å². The summed E-state index contributed by atoms with van der Waals surface area (Å²) in [7, 11) is 0. The monoisotopic (exact) mass is 406 g/mol. The van der Waals surface area contributed by atoms with Crippen LogP contribution in [0.15, 0.2) is 15.6 Å². The average Bonchev–Trinajstić information content (AvgIpc) is 2.70. The van der Waals surface area contributed by atoms with Crippen molar-refractivity contribution in [1.82, 2.24) is 9.88 Å². The zero-order valence-corrected chi connectivity index (χ0v) is 15.6. The van der Waals surface area contributed by atoms with E-state index >= 15 is 0 Å². The second-order valence-corrected chi connectivity index (χ2v) is 6.44. The number of halogens is 1. The van der Waals surface area contributed by atoms with Crippen LogP contribution in [0.2, 0.25) is 0 Å². The van der Waals surface area contributed by atoms with Crippen LogP contribution in [0, 0.1) is 0 Å². The van der Waals surface area contributed by atoms with Gasteiger partial charge in [0.25, 0.3) is 0 Å². The highest BCUT2D eigenvalue weighted by atomic mass is 127. The molecule has 0 amide bonds. The van der Waals surface area contributed by atoms with E-state index in [2.05, 4.69) is 35.6 Å². The molecule has 2 N–H and O–H groups in total. The first-order valence-corrected chi connectivity index (χ1v) is 7.47. The van der Waals surface area contributed by atoms with Gasteiger partial charge >= 0.3 is 0 Å². The van der Waals surface area contributed by atoms with Crippen LogP contribution in [0.4, 0.5) is 0 Å². The zero-order valence-electron chi connectivity index (χ0n) is 13.3. The second-order valence-electron chi connectivity index (χ2n) is 6.44. The Morgan fingerprint density at radius 2 is 1.90 bits per heavy atom. The normalized spacial score (nSPS) is 17.3. The third-order valence-corrected chi connectivity index (χ3v) is 3.60. The summed E-state index contributed by atoms with van der Waals surface area (Å²) in [4.78, 5) is 10.9. The molecule has 0 aromatic carbocycles. The van der Waals surface area contributed by atoms with Crippen LogP contribution < -0.4 is 5.73 Å². The second kappa shape index (κ2) is 8.00. The number of guanidine groups is 1. The molecule has 1 fully saturated rings. The minimum atomic E-state index is -0.0225. The summed E-state index contributed by atoms with van der Waals surface area (Å²) in [6.07, 6.45) is 6.76. The van der Waals surface area contributed by atoms with Crippen LogP contribution >= 0.6 is 24.0 Å². The highest BCUT2D eigenvalue weighted by Gasteiger charge is 2.19. The van der Waals surface area contributed by atoms with Crippen molar-refractivity contribution in [3.8, 4) is 0 Å². The molecule has 5 nitrogen and oxygen atoms in total. The van der Waals surface area contributed by atoms with Crippen LogP contribution in [0.3, 0.4) is 0 Å². The minimum absolute atomic E-state index is 0. The zero-order chi connectivity index (χ0) is 14.6. The molecule has 0 atom stereocenters. The van der Waals surface area contributed by atoms with E-state index in [1.807, 2.05) is 0 Å². The predicted molar refractivity (Wildman–Crippen MR) is 96.0 cm³/mol. The molecule has 1 aromatic heterocycles. The fourth-order valence-electron chi connectivity index (χ4n) is 2.28. The fourth-order valence-corrected chi connectivity index (χ4v) is 2.28. The fraction of sp³-hybridized carbons (Fsp3) is 0.733. The smallest absolute Gasteiger partial charge is 0.216 e. The van der Waals surface area contributed by atoms with E-state index in [0.29, 0.717) is 18.4 Å². The molecule has 1 aliphatic heterocycles. The van der Waals surface area contributed by atoms with Crippen molar-refractivity contribution in [1.29, 1.82) is 0 Å². The maximum Gasteiger partial charge on any atom is 0.216 e. The number of likely N-dealkylation sites (tertiary alicyclic amines) is 1. The Labute approximate surface area is 144 Å². The Bertz CT molecular complexity index is 456. The predicted octanol–water partition coefficient (Wildman–Crippen LogP) is 3.28. The summed E-state index contributed by atoms with van der Waals surface area (Å²) in [5.41, 5.74) is 6.04. The topological polar surface area (TPSA) is 67.7 Å². The number of nitrogens with zero attached hydrogens (tertiary/aromatic N) is 3. The van der Waals surface area contributed by atoms with Gasteiger partial charge in [-0.2, -0.15) is 0 Å². The van der Waals surface area contributed by atoms with Crippen molar-refractivity contribution in [2.45, 2.75) is 58.4 Å². The van der Waals surface area contributed by atoms with Gasteiger partial charge < -0.3 is 15.1 Å². The van der Waals surface area contributed by atoms with Gasteiger partial charge in [0.15, 0.2) is 5.96 Å². The van der Waals surface area contributed by atoms with Crippen LogP contribution in [-0.2, 0) is 12.0 Å². The number of nitrogens with two attached hydrogens (primary N) is 1. The van der Waals surface area contributed by atoms with E-state index in [1.54, 1.807) is 6.20 Å². The van der Waals surface area contributed by atoms with Gasteiger partial charge in [-0.25, -0.2) is 9.98 Å². The van der Waals surface area contributed by atoms with E-state index in [9.17, 15) is 0 Å². The summed E-state index contributed by atoms with van der Waals surface area (Å²) in [6.45, 7) is 8.74. The van der Waals surface area contributed by atoms with Crippen LogP contribution in [-0.4, -0.2) is 28.9 Å². The Kier molecular flexibility index (Phi) is 6.96. The number of oxazole rings is 1. The molecule has 0 saturated carbocycles. The van der Waals surface area contributed by atoms with E-state index < -0.39 is 0 Å². The largest absolute Gasteiger partial charge is 0.443 e. The van der Waals surface area contributed by atoms with Gasteiger partial charge in [-0.3, -0.25) is 0 Å². The molecule has 1 aliphatic rings. The summed E-state index contributed by atoms with van der Waals surface area (Å²) >= 11 is 0. The number of hydrogen-bond donors (Lipinski definition) is 1. The average molecular weight is 406 g/mol. The molecule has 1 saturated heterocycles. The molecular formula is C15H27IN4O. The molecule has 2 heterocycles. The van der Waals surface area contributed by atoms with E-state index in [0.717, 1.165) is 18.8 Å². The Morgan fingerprint density at radius 1 is 1.29 bits per heavy atom. The lowest BCUT2D eigenvalue weighted by molar-refractivity contribution is 0.381. The molecule has 21 heavy (non-hydrogen) atoms. The van der Waals surface area contributed by atoms with Crippen molar-refractivity contribution < 1.29 is 4.42 Å². The van der Waals surface area contributed by atoms with Crippen LogP contribution in [0.1, 0.15) is 58.1 Å². The van der Waals surface area contributed by atoms with E-state index in [-0.39, 0.29) is 29.4 Å². The Hall–Kier alpha value is -0.790. The molecule has 6 heteroatoms. The van der Waals surface area contributed by atoms with Crippen molar-refractivity contribution >= 4 is 29.9 Å². The van der Waals surface area contributed by atoms with Gasteiger partial charge in [-0.15, -0.1) is 24.0 Å². The van der Waals surface area contributed by atoms with Crippen molar-refractivity contribution in [3.05, 3.63) is 17.8 Å². The number of rotatable bonds is 2. The Balaban J connectivity index is 0.00000220. The first-order chi connectivity index (χ1) is 9.47. The third-order valence-electron chi connectivity index (χ3n) is 3.60. The lowest BCUT2D eigenvalue weighted by atomic mass is 9.94. The highest BCUT2D eigenvalue weighted by Crippen LogP contribution is 2.22. The van der Waals surface area contributed by atoms with E-state index in [1.165, 1.54) is 25.7 Å². The van der Waals surface area contributed by atoms with Crippen molar-refractivity contribution in [3.63, 3.8) is 0 Å². The number of hydrogen-bond acceptors (Lipinski definition) is 3. The molecular weight excluding hydrogens is 379 g/mol. The minimum Gasteiger partial charge on any atom is -0.443 e. The number of aliphatic imine (C=N–C) groups is 1. The SMILES string of the molecule is CC(C)(C)c1cnc(CN=C(N)N2CCCCCC2)o1.I. The van der Waals surface area contributed by atoms with Gasteiger partial charge in [0.1, 0.15) is 12.3 Å². The van der Waals surface area contributed by atoms with Gasteiger partial charge in [0.2, 0.25) is 5.89 Å². The molecule has 0 spiro atoms. The van der Waals surface area contributed by atoms with Gasteiger partial charge in [-0.05, 0) is 12.8 Å². The van der Waals surface area contributed by atoms with Crippen LogP contribution in [0.25, 0.3) is 0 Å². The molecule has 0 aliphatic carbocycles.